The predicted molar refractivity (Wildman–Crippen MR) is 123 cm³/mol. The third-order valence-electron chi connectivity index (χ3n) is 5.08. The molecule has 2 aromatic carbocycles. The highest BCUT2D eigenvalue weighted by atomic mass is 35.5. The van der Waals surface area contributed by atoms with Crippen molar-refractivity contribution in [2.45, 2.75) is 32.9 Å². The van der Waals surface area contributed by atoms with Crippen molar-refractivity contribution in [2.75, 3.05) is 19.6 Å². The Bertz CT molecular complexity index is 1190. The Morgan fingerprint density at radius 1 is 1.28 bits per heavy atom. The molecule has 1 fully saturated rings. The Hall–Kier alpha value is -2.71. The molecule has 0 N–H and O–H groups in total. The molecule has 6 nitrogen and oxygen atoms in total. The maximum atomic E-state index is 15.7. The van der Waals surface area contributed by atoms with Gasteiger partial charge in [0.15, 0.2) is 0 Å². The van der Waals surface area contributed by atoms with Gasteiger partial charge in [-0.2, -0.15) is 0 Å². The van der Waals surface area contributed by atoms with Crippen LogP contribution in [-0.2, 0) is 16.1 Å². The molecule has 0 spiro atoms. The molecule has 1 saturated heterocycles. The van der Waals surface area contributed by atoms with Crippen LogP contribution in [0.2, 0.25) is 5.02 Å². The molecular weight excluding hydrogens is 453 g/mol. The second-order valence-corrected chi connectivity index (χ2v) is 9.97. The van der Waals surface area contributed by atoms with E-state index in [0.29, 0.717) is 40.3 Å². The number of hydrogen-bond acceptors (Lipinski definition) is 5. The second kappa shape index (κ2) is 8.67. The lowest BCUT2D eigenvalue weighted by Gasteiger charge is -2.35. The SMILES string of the molecule is CC(C)(C)OC(=O)N1CCN(Cc2cc3scnc3c(-c3cccc(Cl)c3)c2F)C(=O)C1. The first kappa shape index (κ1) is 22.5. The Morgan fingerprint density at radius 3 is 2.75 bits per heavy atom. The number of hydrogen-bond donors (Lipinski definition) is 0. The zero-order valence-corrected chi connectivity index (χ0v) is 19.6. The minimum absolute atomic E-state index is 0.0967. The Kier molecular flexibility index (Phi) is 6.09. The highest BCUT2D eigenvalue weighted by Gasteiger charge is 2.31. The minimum Gasteiger partial charge on any atom is -0.444 e. The summed E-state index contributed by atoms with van der Waals surface area (Å²) in [7, 11) is 0. The number of halogens is 2. The van der Waals surface area contributed by atoms with E-state index in [1.165, 1.54) is 16.2 Å². The fraction of sp³-hybridized carbons (Fsp3) is 0.348. The van der Waals surface area contributed by atoms with Crippen molar-refractivity contribution in [2.24, 2.45) is 0 Å². The summed E-state index contributed by atoms with van der Waals surface area (Å²) in [6.07, 6.45) is -0.522. The zero-order valence-electron chi connectivity index (χ0n) is 18.0. The smallest absolute Gasteiger partial charge is 0.410 e. The third-order valence-corrected chi connectivity index (χ3v) is 6.09. The van der Waals surface area contributed by atoms with Crippen molar-refractivity contribution < 1.29 is 18.7 Å². The van der Waals surface area contributed by atoms with Gasteiger partial charge in [0.2, 0.25) is 5.91 Å². The maximum Gasteiger partial charge on any atom is 0.410 e. The quantitative estimate of drug-likeness (QED) is 0.513. The van der Waals surface area contributed by atoms with E-state index in [2.05, 4.69) is 4.98 Å². The summed E-state index contributed by atoms with van der Waals surface area (Å²) in [5.41, 5.74) is 3.01. The van der Waals surface area contributed by atoms with Crippen LogP contribution >= 0.6 is 22.9 Å². The lowest BCUT2D eigenvalue weighted by Crippen LogP contribution is -2.52. The van der Waals surface area contributed by atoms with E-state index in [1.54, 1.807) is 61.5 Å². The molecule has 168 valence electrons. The number of carbonyl (C=O) groups is 2. The predicted octanol–water partition coefficient (Wildman–Crippen LogP) is 5.34. The fourth-order valence-corrected chi connectivity index (χ4v) is 4.56. The van der Waals surface area contributed by atoms with Crippen LogP contribution in [0, 0.1) is 5.82 Å². The van der Waals surface area contributed by atoms with E-state index in [0.717, 1.165) is 4.70 Å². The van der Waals surface area contributed by atoms with Crippen molar-refractivity contribution in [3.8, 4) is 11.1 Å². The second-order valence-electron chi connectivity index (χ2n) is 8.65. The Balaban J connectivity index is 1.59. The van der Waals surface area contributed by atoms with Gasteiger partial charge >= 0.3 is 6.09 Å². The number of aromatic nitrogens is 1. The molecule has 0 atom stereocenters. The molecule has 32 heavy (non-hydrogen) atoms. The summed E-state index contributed by atoms with van der Waals surface area (Å²) >= 11 is 7.54. The topological polar surface area (TPSA) is 62.7 Å². The molecule has 0 aliphatic carbocycles. The van der Waals surface area contributed by atoms with Crippen molar-refractivity contribution in [3.63, 3.8) is 0 Å². The maximum absolute atomic E-state index is 15.7. The average Bonchev–Trinajstić information content (AvgIpc) is 3.16. The highest BCUT2D eigenvalue weighted by molar-refractivity contribution is 7.16. The van der Waals surface area contributed by atoms with Crippen LogP contribution in [0.15, 0.2) is 35.8 Å². The summed E-state index contributed by atoms with van der Waals surface area (Å²) in [6.45, 7) is 5.96. The summed E-state index contributed by atoms with van der Waals surface area (Å²) in [5.74, 6) is -0.678. The van der Waals surface area contributed by atoms with E-state index in [9.17, 15) is 9.59 Å². The average molecular weight is 476 g/mol. The molecule has 0 radical (unpaired) electrons. The first-order valence-electron chi connectivity index (χ1n) is 10.2. The monoisotopic (exact) mass is 475 g/mol. The molecule has 0 bridgehead atoms. The fourth-order valence-electron chi connectivity index (χ4n) is 3.62. The van der Waals surface area contributed by atoms with Crippen LogP contribution in [0.5, 0.6) is 0 Å². The number of piperazine rings is 1. The number of nitrogens with zero attached hydrogens (tertiary/aromatic N) is 3. The van der Waals surface area contributed by atoms with Crippen LogP contribution in [0.3, 0.4) is 0 Å². The van der Waals surface area contributed by atoms with Gasteiger partial charge in [-0.1, -0.05) is 23.7 Å². The standard InChI is InChI=1S/C23H23ClFN3O3S/c1-23(2,3)31-22(30)28-8-7-27(18(29)12-28)11-15-10-17-21(26-13-32-17)19(20(15)25)14-5-4-6-16(24)9-14/h4-6,9-10,13H,7-8,11-12H2,1-3H3. The van der Waals surface area contributed by atoms with Gasteiger partial charge in [0.25, 0.3) is 0 Å². The molecule has 2 amide bonds. The number of thiazole rings is 1. The minimum atomic E-state index is -0.638. The summed E-state index contributed by atoms with van der Waals surface area (Å²) in [4.78, 5) is 32.3. The summed E-state index contributed by atoms with van der Waals surface area (Å²) in [5, 5.41) is 0.504. The molecule has 1 aliphatic rings. The Morgan fingerprint density at radius 2 is 2.06 bits per heavy atom. The lowest BCUT2D eigenvalue weighted by molar-refractivity contribution is -0.136. The first-order chi connectivity index (χ1) is 15.1. The van der Waals surface area contributed by atoms with Gasteiger partial charge in [0, 0.05) is 35.8 Å². The van der Waals surface area contributed by atoms with Crippen molar-refractivity contribution in [1.29, 1.82) is 0 Å². The molecule has 0 unspecified atom stereocenters. The largest absolute Gasteiger partial charge is 0.444 e. The number of rotatable bonds is 3. The van der Waals surface area contributed by atoms with Crippen LogP contribution < -0.4 is 0 Å². The molecule has 1 aromatic heterocycles. The van der Waals surface area contributed by atoms with E-state index in [4.69, 9.17) is 16.3 Å². The number of benzene rings is 2. The van der Waals surface area contributed by atoms with Gasteiger partial charge in [-0.15, -0.1) is 11.3 Å². The number of carbonyl (C=O) groups excluding carboxylic acids is 2. The van der Waals surface area contributed by atoms with Gasteiger partial charge in [0.05, 0.1) is 15.7 Å². The molecule has 1 aliphatic heterocycles. The summed E-state index contributed by atoms with van der Waals surface area (Å²) < 4.78 is 21.9. The van der Waals surface area contributed by atoms with Gasteiger partial charge in [0.1, 0.15) is 18.0 Å². The van der Waals surface area contributed by atoms with Gasteiger partial charge in [-0.25, -0.2) is 14.2 Å². The molecule has 2 heterocycles. The van der Waals surface area contributed by atoms with E-state index >= 15 is 4.39 Å². The lowest BCUT2D eigenvalue weighted by atomic mass is 10.00. The summed E-state index contributed by atoms with van der Waals surface area (Å²) in [6, 6.07) is 8.73. The number of ether oxygens (including phenoxy) is 1. The van der Waals surface area contributed by atoms with Crippen molar-refractivity contribution in [1.82, 2.24) is 14.8 Å². The zero-order chi connectivity index (χ0) is 23.0. The molecule has 3 aromatic rings. The van der Waals surface area contributed by atoms with Crippen LogP contribution in [0.4, 0.5) is 9.18 Å². The first-order valence-corrected chi connectivity index (χ1v) is 11.4. The van der Waals surface area contributed by atoms with E-state index < -0.39 is 17.5 Å². The number of fused-ring (bicyclic) bond motifs is 1. The van der Waals surface area contributed by atoms with Gasteiger partial charge in [-0.05, 0) is 44.5 Å². The van der Waals surface area contributed by atoms with Crippen molar-refractivity contribution in [3.05, 3.63) is 52.2 Å². The normalized spacial score (nSPS) is 14.8. The third kappa shape index (κ3) is 4.71. The van der Waals surface area contributed by atoms with Gasteiger partial charge in [-0.3, -0.25) is 9.69 Å². The van der Waals surface area contributed by atoms with Crippen LogP contribution in [-0.4, -0.2) is 52.0 Å². The van der Waals surface area contributed by atoms with Crippen LogP contribution in [0.1, 0.15) is 26.3 Å². The van der Waals surface area contributed by atoms with E-state index in [-0.39, 0.29) is 19.0 Å². The number of amides is 2. The molecule has 0 saturated carbocycles. The molecular formula is C23H23ClFN3O3S. The molecule has 4 rings (SSSR count). The van der Waals surface area contributed by atoms with Crippen LogP contribution in [0.25, 0.3) is 21.3 Å². The Labute approximate surface area is 194 Å². The van der Waals surface area contributed by atoms with E-state index in [1.807, 2.05) is 0 Å². The van der Waals surface area contributed by atoms with Crippen molar-refractivity contribution >= 4 is 45.2 Å². The molecule has 9 heteroatoms. The highest BCUT2D eigenvalue weighted by Crippen LogP contribution is 2.36. The van der Waals surface area contributed by atoms with Gasteiger partial charge < -0.3 is 9.64 Å².